The number of carbonyl (C=O) groups is 1. The Bertz CT molecular complexity index is 502. The SMILES string of the molecule is NNc1cc(C(=O)NCCS(N)(=O)=O)ccn1. The molecule has 0 saturated carbocycles. The van der Waals surface area contributed by atoms with Gasteiger partial charge in [-0.05, 0) is 12.1 Å². The van der Waals surface area contributed by atoms with Crippen LogP contribution < -0.4 is 21.7 Å². The third-order valence-corrected chi connectivity index (χ3v) is 2.62. The predicted molar refractivity (Wildman–Crippen MR) is 62.4 cm³/mol. The molecule has 1 aromatic rings. The van der Waals surface area contributed by atoms with E-state index in [1.54, 1.807) is 0 Å². The van der Waals surface area contributed by atoms with Crippen molar-refractivity contribution >= 4 is 21.7 Å². The first kappa shape index (κ1) is 13.4. The summed E-state index contributed by atoms with van der Waals surface area (Å²) in [6.07, 6.45) is 1.41. The van der Waals surface area contributed by atoms with Crippen molar-refractivity contribution in [1.29, 1.82) is 0 Å². The fourth-order valence-corrected chi connectivity index (χ4v) is 1.45. The first-order valence-corrected chi connectivity index (χ1v) is 6.35. The second-order valence-corrected chi connectivity index (χ2v) is 4.93. The maximum atomic E-state index is 11.6. The number of anilines is 1. The molecule has 0 saturated heterocycles. The molecule has 1 amide bonds. The molecular formula is C8H13N5O3S. The van der Waals surface area contributed by atoms with Gasteiger partial charge in [-0.2, -0.15) is 0 Å². The quantitative estimate of drug-likeness (QED) is 0.370. The number of amides is 1. The molecule has 0 aliphatic rings. The van der Waals surface area contributed by atoms with Crippen LogP contribution in [0.3, 0.4) is 0 Å². The average molecular weight is 259 g/mol. The summed E-state index contributed by atoms with van der Waals surface area (Å²) in [4.78, 5) is 15.4. The molecule has 0 fully saturated rings. The van der Waals surface area contributed by atoms with E-state index in [1.807, 2.05) is 0 Å². The number of primary sulfonamides is 1. The number of sulfonamides is 1. The van der Waals surface area contributed by atoms with Crippen molar-refractivity contribution in [2.45, 2.75) is 0 Å². The number of hydrazine groups is 1. The maximum absolute atomic E-state index is 11.6. The number of pyridine rings is 1. The molecule has 0 atom stereocenters. The lowest BCUT2D eigenvalue weighted by atomic mass is 10.2. The van der Waals surface area contributed by atoms with E-state index in [9.17, 15) is 13.2 Å². The molecule has 94 valence electrons. The summed E-state index contributed by atoms with van der Waals surface area (Å²) in [6, 6.07) is 2.92. The van der Waals surface area contributed by atoms with Gasteiger partial charge in [0.15, 0.2) is 0 Å². The number of carbonyl (C=O) groups excluding carboxylic acids is 1. The lowest BCUT2D eigenvalue weighted by Crippen LogP contribution is -2.31. The van der Waals surface area contributed by atoms with E-state index in [1.165, 1.54) is 18.3 Å². The predicted octanol–water partition coefficient (Wildman–Crippen LogP) is -1.61. The minimum absolute atomic E-state index is 0.0502. The smallest absolute Gasteiger partial charge is 0.251 e. The number of nitrogens with two attached hydrogens (primary N) is 2. The molecular weight excluding hydrogens is 246 g/mol. The Kier molecular flexibility index (Phi) is 4.37. The number of nitrogens with one attached hydrogen (secondary N) is 2. The fourth-order valence-electron chi connectivity index (χ4n) is 1.06. The second kappa shape index (κ2) is 5.57. The summed E-state index contributed by atoms with van der Waals surface area (Å²) >= 11 is 0. The van der Waals surface area contributed by atoms with E-state index in [0.717, 1.165) is 0 Å². The van der Waals surface area contributed by atoms with Gasteiger partial charge in [0.1, 0.15) is 5.82 Å². The molecule has 1 aromatic heterocycles. The van der Waals surface area contributed by atoms with Gasteiger partial charge in [0.25, 0.3) is 5.91 Å². The van der Waals surface area contributed by atoms with Crippen LogP contribution in [0.2, 0.25) is 0 Å². The van der Waals surface area contributed by atoms with E-state index in [4.69, 9.17) is 11.0 Å². The van der Waals surface area contributed by atoms with E-state index in [-0.39, 0.29) is 12.3 Å². The number of nitrogen functional groups attached to an aromatic ring is 1. The van der Waals surface area contributed by atoms with Gasteiger partial charge >= 0.3 is 0 Å². The standard InChI is InChI=1S/C8H13N5O3S/c9-13-7-5-6(1-2-11-7)8(14)12-3-4-17(10,15)16/h1-2,5H,3-4,9H2,(H,11,13)(H,12,14)(H2,10,15,16). The first-order valence-electron chi connectivity index (χ1n) is 4.64. The Labute approximate surface area is 98.4 Å². The summed E-state index contributed by atoms with van der Waals surface area (Å²) in [5, 5.41) is 7.20. The van der Waals surface area contributed by atoms with Crippen LogP contribution in [-0.2, 0) is 10.0 Å². The van der Waals surface area contributed by atoms with Crippen LogP contribution in [0.5, 0.6) is 0 Å². The van der Waals surface area contributed by atoms with Gasteiger partial charge in [0.05, 0.1) is 5.75 Å². The Morgan fingerprint density at radius 2 is 2.18 bits per heavy atom. The molecule has 1 heterocycles. The van der Waals surface area contributed by atoms with E-state index < -0.39 is 15.9 Å². The number of hydrogen-bond acceptors (Lipinski definition) is 6. The van der Waals surface area contributed by atoms with Gasteiger partial charge in [0, 0.05) is 18.3 Å². The summed E-state index contributed by atoms with van der Waals surface area (Å²) in [7, 11) is -3.57. The fraction of sp³-hybridized carbons (Fsp3) is 0.250. The molecule has 6 N–H and O–H groups in total. The van der Waals surface area contributed by atoms with Crippen molar-refractivity contribution < 1.29 is 13.2 Å². The van der Waals surface area contributed by atoms with Crippen LogP contribution in [-0.4, -0.2) is 31.6 Å². The summed E-state index contributed by atoms with van der Waals surface area (Å²) in [5.74, 6) is 4.74. The molecule has 0 aromatic carbocycles. The zero-order chi connectivity index (χ0) is 12.9. The molecule has 17 heavy (non-hydrogen) atoms. The highest BCUT2D eigenvalue weighted by Gasteiger charge is 2.08. The van der Waals surface area contributed by atoms with Crippen LogP contribution in [0.4, 0.5) is 5.82 Å². The number of hydrogen-bond donors (Lipinski definition) is 4. The minimum atomic E-state index is -3.57. The second-order valence-electron chi connectivity index (χ2n) is 3.20. The Hall–Kier alpha value is -1.71. The molecule has 0 aliphatic heterocycles. The van der Waals surface area contributed by atoms with Crippen molar-refractivity contribution in [2.75, 3.05) is 17.7 Å². The zero-order valence-electron chi connectivity index (χ0n) is 8.88. The van der Waals surface area contributed by atoms with Crippen molar-refractivity contribution in [3.8, 4) is 0 Å². The van der Waals surface area contributed by atoms with Crippen LogP contribution in [0, 0.1) is 0 Å². The molecule has 0 aliphatic carbocycles. The highest BCUT2D eigenvalue weighted by Crippen LogP contribution is 2.04. The van der Waals surface area contributed by atoms with E-state index >= 15 is 0 Å². The van der Waals surface area contributed by atoms with Gasteiger partial charge in [-0.3, -0.25) is 4.79 Å². The molecule has 0 unspecified atom stereocenters. The van der Waals surface area contributed by atoms with Crippen molar-refractivity contribution in [1.82, 2.24) is 10.3 Å². The topological polar surface area (TPSA) is 140 Å². The Morgan fingerprint density at radius 3 is 2.76 bits per heavy atom. The van der Waals surface area contributed by atoms with E-state index in [0.29, 0.717) is 11.4 Å². The van der Waals surface area contributed by atoms with Gasteiger partial charge in [-0.25, -0.2) is 24.4 Å². The Balaban J connectivity index is 2.58. The van der Waals surface area contributed by atoms with Crippen LogP contribution in [0.1, 0.15) is 10.4 Å². The normalized spacial score (nSPS) is 10.9. The molecule has 8 nitrogen and oxygen atoms in total. The largest absolute Gasteiger partial charge is 0.351 e. The molecule has 1 rings (SSSR count). The van der Waals surface area contributed by atoms with Crippen LogP contribution >= 0.6 is 0 Å². The Morgan fingerprint density at radius 1 is 1.47 bits per heavy atom. The van der Waals surface area contributed by atoms with Gasteiger partial charge in [0.2, 0.25) is 10.0 Å². The van der Waals surface area contributed by atoms with Crippen molar-refractivity contribution in [3.05, 3.63) is 23.9 Å². The average Bonchev–Trinajstić information content (AvgIpc) is 2.27. The number of aromatic nitrogens is 1. The lowest BCUT2D eigenvalue weighted by Gasteiger charge is -2.05. The van der Waals surface area contributed by atoms with Crippen LogP contribution in [0.15, 0.2) is 18.3 Å². The summed E-state index contributed by atoms with van der Waals surface area (Å²) < 4.78 is 21.3. The highest BCUT2D eigenvalue weighted by molar-refractivity contribution is 7.89. The molecule has 0 bridgehead atoms. The first-order chi connectivity index (χ1) is 7.92. The number of rotatable bonds is 5. The van der Waals surface area contributed by atoms with Crippen molar-refractivity contribution in [2.24, 2.45) is 11.0 Å². The maximum Gasteiger partial charge on any atom is 0.251 e. The molecule has 9 heteroatoms. The van der Waals surface area contributed by atoms with E-state index in [2.05, 4.69) is 15.7 Å². The zero-order valence-corrected chi connectivity index (χ0v) is 9.70. The van der Waals surface area contributed by atoms with Gasteiger partial charge in [-0.1, -0.05) is 0 Å². The third kappa shape index (κ3) is 4.76. The molecule has 0 spiro atoms. The summed E-state index contributed by atoms with van der Waals surface area (Å²) in [6.45, 7) is -0.0502. The lowest BCUT2D eigenvalue weighted by molar-refractivity contribution is 0.0956. The van der Waals surface area contributed by atoms with Crippen molar-refractivity contribution in [3.63, 3.8) is 0 Å². The van der Waals surface area contributed by atoms with Gasteiger partial charge < -0.3 is 10.7 Å². The summed E-state index contributed by atoms with van der Waals surface area (Å²) in [5.41, 5.74) is 2.62. The highest BCUT2D eigenvalue weighted by atomic mass is 32.2. The minimum Gasteiger partial charge on any atom is -0.351 e. The number of nitrogens with zero attached hydrogens (tertiary/aromatic N) is 1. The third-order valence-electron chi connectivity index (χ3n) is 1.84. The molecule has 0 radical (unpaired) electrons. The van der Waals surface area contributed by atoms with Crippen LogP contribution in [0.25, 0.3) is 0 Å². The van der Waals surface area contributed by atoms with Gasteiger partial charge in [-0.15, -0.1) is 0 Å². The monoisotopic (exact) mass is 259 g/mol.